The van der Waals surface area contributed by atoms with Crippen LogP contribution in [0.25, 0.3) is 10.9 Å². The molecule has 31 heavy (non-hydrogen) atoms. The molecular formula is C25H22N2O4. The minimum Gasteiger partial charge on any atom is -0.497 e. The van der Waals surface area contributed by atoms with Crippen LogP contribution in [0.15, 0.2) is 83.9 Å². The van der Waals surface area contributed by atoms with Gasteiger partial charge < -0.3 is 19.2 Å². The number of pyridine rings is 1. The second-order valence-electron chi connectivity index (χ2n) is 6.89. The number of allylic oxidation sites excluding steroid dienone is 1. The molecule has 0 radical (unpaired) electrons. The van der Waals surface area contributed by atoms with Crippen LogP contribution in [-0.2, 0) is 13.0 Å². The number of nitrogens with zero attached hydrogens (tertiary/aromatic N) is 1. The number of ether oxygens (including phenoxy) is 2. The Morgan fingerprint density at radius 3 is 2.87 bits per heavy atom. The van der Waals surface area contributed by atoms with E-state index in [1.54, 1.807) is 25.4 Å². The fourth-order valence-corrected chi connectivity index (χ4v) is 3.18. The van der Waals surface area contributed by atoms with E-state index in [4.69, 9.17) is 13.9 Å². The Kier molecular flexibility index (Phi) is 5.98. The Morgan fingerprint density at radius 1 is 1.16 bits per heavy atom. The largest absolute Gasteiger partial charge is 0.497 e. The number of hydrogen-bond donors (Lipinski definition) is 1. The molecule has 0 fully saturated rings. The van der Waals surface area contributed by atoms with Crippen molar-refractivity contribution in [1.29, 1.82) is 0 Å². The molecule has 1 amide bonds. The highest BCUT2D eigenvalue weighted by atomic mass is 16.5. The molecule has 6 heteroatoms. The number of hydrogen-bond acceptors (Lipinski definition) is 5. The van der Waals surface area contributed by atoms with Crippen LogP contribution in [0.2, 0.25) is 0 Å². The van der Waals surface area contributed by atoms with Crippen molar-refractivity contribution in [1.82, 2.24) is 4.98 Å². The van der Waals surface area contributed by atoms with Crippen LogP contribution in [0.3, 0.4) is 0 Å². The zero-order valence-electron chi connectivity index (χ0n) is 17.1. The van der Waals surface area contributed by atoms with Gasteiger partial charge in [-0.05, 0) is 48.4 Å². The predicted octanol–water partition coefficient (Wildman–Crippen LogP) is 5.40. The predicted molar refractivity (Wildman–Crippen MR) is 120 cm³/mol. The van der Waals surface area contributed by atoms with Gasteiger partial charge in [0.1, 0.15) is 23.9 Å². The third-order valence-corrected chi connectivity index (χ3v) is 4.74. The summed E-state index contributed by atoms with van der Waals surface area (Å²) in [6.07, 6.45) is 4.15. The minimum atomic E-state index is -0.354. The SMILES string of the molecule is C=CCc1ccccc1OCc1ccc(C(=O)Nc2cnc3cc(OC)ccc3c2)o1. The molecule has 156 valence electrons. The van der Waals surface area contributed by atoms with E-state index >= 15 is 0 Å². The fourth-order valence-electron chi connectivity index (χ4n) is 3.18. The molecule has 2 heterocycles. The first kappa shape index (κ1) is 20.2. The van der Waals surface area contributed by atoms with E-state index in [1.165, 1.54) is 0 Å². The minimum absolute atomic E-state index is 0.202. The molecule has 6 nitrogen and oxygen atoms in total. The van der Waals surface area contributed by atoms with Gasteiger partial charge in [0.05, 0.1) is 24.5 Å². The lowest BCUT2D eigenvalue weighted by Gasteiger charge is -2.09. The van der Waals surface area contributed by atoms with Crippen LogP contribution in [0, 0.1) is 0 Å². The molecule has 0 spiro atoms. The molecule has 0 bridgehead atoms. The molecule has 0 saturated carbocycles. The summed E-state index contributed by atoms with van der Waals surface area (Å²) < 4.78 is 16.7. The molecule has 4 rings (SSSR count). The molecule has 2 aromatic heterocycles. The number of para-hydroxylation sites is 1. The quantitative estimate of drug-likeness (QED) is 0.391. The molecule has 2 aromatic carbocycles. The highest BCUT2D eigenvalue weighted by molar-refractivity contribution is 6.03. The molecule has 0 aliphatic heterocycles. The lowest BCUT2D eigenvalue weighted by molar-refractivity contribution is 0.0992. The van der Waals surface area contributed by atoms with Gasteiger partial charge in [-0.1, -0.05) is 24.3 Å². The van der Waals surface area contributed by atoms with Gasteiger partial charge >= 0.3 is 0 Å². The van der Waals surface area contributed by atoms with Crippen LogP contribution in [0.5, 0.6) is 11.5 Å². The Labute approximate surface area is 180 Å². The maximum absolute atomic E-state index is 12.6. The Balaban J connectivity index is 1.41. The normalized spacial score (nSPS) is 10.6. The summed E-state index contributed by atoms with van der Waals surface area (Å²) in [6.45, 7) is 3.99. The van der Waals surface area contributed by atoms with Crippen molar-refractivity contribution in [3.05, 3.63) is 96.6 Å². The van der Waals surface area contributed by atoms with Gasteiger partial charge in [0.2, 0.25) is 0 Å². The maximum Gasteiger partial charge on any atom is 0.291 e. The number of rotatable bonds is 8. The lowest BCUT2D eigenvalue weighted by Crippen LogP contribution is -2.11. The zero-order chi connectivity index (χ0) is 21.6. The van der Waals surface area contributed by atoms with Crippen molar-refractivity contribution in [2.75, 3.05) is 12.4 Å². The number of methoxy groups -OCH3 is 1. The Morgan fingerprint density at radius 2 is 2.03 bits per heavy atom. The molecular weight excluding hydrogens is 392 g/mol. The van der Waals surface area contributed by atoms with Crippen LogP contribution in [0.4, 0.5) is 5.69 Å². The van der Waals surface area contributed by atoms with Crippen LogP contribution in [0.1, 0.15) is 21.9 Å². The van der Waals surface area contributed by atoms with E-state index < -0.39 is 0 Å². The first-order valence-electron chi connectivity index (χ1n) is 9.82. The molecule has 4 aromatic rings. The molecule has 1 N–H and O–H groups in total. The van der Waals surface area contributed by atoms with E-state index in [9.17, 15) is 4.79 Å². The monoisotopic (exact) mass is 414 g/mol. The summed E-state index contributed by atoms with van der Waals surface area (Å²) in [5, 5.41) is 3.71. The highest BCUT2D eigenvalue weighted by Crippen LogP contribution is 2.23. The van der Waals surface area contributed by atoms with Crippen molar-refractivity contribution < 1.29 is 18.7 Å². The average molecular weight is 414 g/mol. The van der Waals surface area contributed by atoms with Gasteiger partial charge in [0.15, 0.2) is 5.76 Å². The van der Waals surface area contributed by atoms with Gasteiger partial charge in [0.25, 0.3) is 5.91 Å². The molecule has 0 atom stereocenters. The van der Waals surface area contributed by atoms with Crippen molar-refractivity contribution in [2.45, 2.75) is 13.0 Å². The van der Waals surface area contributed by atoms with Crippen molar-refractivity contribution >= 4 is 22.5 Å². The summed E-state index contributed by atoms with van der Waals surface area (Å²) in [5.41, 5.74) is 2.41. The highest BCUT2D eigenvalue weighted by Gasteiger charge is 2.13. The van der Waals surface area contributed by atoms with Crippen LogP contribution >= 0.6 is 0 Å². The summed E-state index contributed by atoms with van der Waals surface area (Å²) in [6, 6.07) is 18.6. The third kappa shape index (κ3) is 4.75. The molecule has 0 unspecified atom stereocenters. The van der Waals surface area contributed by atoms with Crippen molar-refractivity contribution in [2.24, 2.45) is 0 Å². The van der Waals surface area contributed by atoms with E-state index in [0.717, 1.165) is 28.0 Å². The van der Waals surface area contributed by atoms with Gasteiger partial charge in [-0.15, -0.1) is 6.58 Å². The lowest BCUT2D eigenvalue weighted by atomic mass is 10.1. The van der Waals surface area contributed by atoms with Gasteiger partial charge in [-0.25, -0.2) is 0 Å². The summed E-state index contributed by atoms with van der Waals surface area (Å²) in [7, 11) is 1.61. The first-order valence-corrected chi connectivity index (χ1v) is 9.82. The van der Waals surface area contributed by atoms with Crippen LogP contribution in [-0.4, -0.2) is 18.0 Å². The van der Waals surface area contributed by atoms with Crippen molar-refractivity contribution in [3.8, 4) is 11.5 Å². The standard InChI is InChI=1S/C25H22N2O4/c1-3-6-17-7-4-5-8-23(17)30-16-21-11-12-24(31-21)25(28)27-19-13-18-9-10-20(29-2)14-22(18)26-15-19/h3-5,7-15H,1,6,16H2,2H3,(H,27,28). The summed E-state index contributed by atoms with van der Waals surface area (Å²) in [4.78, 5) is 16.9. The Hall–Kier alpha value is -4.06. The number of anilines is 1. The summed E-state index contributed by atoms with van der Waals surface area (Å²) in [5.74, 6) is 1.90. The van der Waals surface area contributed by atoms with Crippen molar-refractivity contribution in [3.63, 3.8) is 0 Å². The molecule has 0 aliphatic rings. The van der Waals surface area contributed by atoms with Gasteiger partial charge in [0, 0.05) is 11.5 Å². The van der Waals surface area contributed by atoms with E-state index in [0.29, 0.717) is 17.9 Å². The van der Waals surface area contributed by atoms with Crippen LogP contribution < -0.4 is 14.8 Å². The topological polar surface area (TPSA) is 73.6 Å². The second-order valence-corrected chi connectivity index (χ2v) is 6.89. The number of amides is 1. The Bertz CT molecular complexity index is 1230. The number of fused-ring (bicyclic) bond motifs is 1. The van der Waals surface area contributed by atoms with Gasteiger partial charge in [-0.3, -0.25) is 9.78 Å². The number of benzene rings is 2. The molecule has 0 aliphatic carbocycles. The zero-order valence-corrected chi connectivity index (χ0v) is 17.1. The molecule has 0 saturated heterocycles. The van der Waals surface area contributed by atoms with Gasteiger partial charge in [-0.2, -0.15) is 0 Å². The van der Waals surface area contributed by atoms with E-state index in [-0.39, 0.29) is 18.3 Å². The van der Waals surface area contributed by atoms with E-state index in [2.05, 4.69) is 16.9 Å². The summed E-state index contributed by atoms with van der Waals surface area (Å²) >= 11 is 0. The van der Waals surface area contributed by atoms with E-state index in [1.807, 2.05) is 54.6 Å². The average Bonchev–Trinajstić information content (AvgIpc) is 3.27. The second kappa shape index (κ2) is 9.17. The smallest absolute Gasteiger partial charge is 0.291 e. The number of furan rings is 1. The number of carbonyl (C=O) groups excluding carboxylic acids is 1. The number of aromatic nitrogens is 1. The number of carbonyl (C=O) groups is 1. The third-order valence-electron chi connectivity index (χ3n) is 4.74. The fraction of sp³-hybridized carbons (Fsp3) is 0.120. The number of nitrogens with one attached hydrogen (secondary N) is 1. The first-order chi connectivity index (χ1) is 15.2. The maximum atomic E-state index is 12.6.